The van der Waals surface area contributed by atoms with Gasteiger partial charge in [-0.25, -0.2) is 0 Å². The molecule has 0 aromatic rings. The standard InChI is InChI=1S/C13H23N3O3/c1-2-13(17)15-5-3-11(4-6-15)16-7-8-19-10-12(16)9-14-18/h11-12H,2-10H2,1H3. The minimum Gasteiger partial charge on any atom is -0.378 e. The number of hydrogen-bond donors (Lipinski definition) is 0. The van der Waals surface area contributed by atoms with Gasteiger partial charge in [0.05, 0.1) is 25.8 Å². The fourth-order valence-corrected chi connectivity index (χ4v) is 3.06. The molecule has 0 spiro atoms. The number of piperidine rings is 1. The maximum absolute atomic E-state index is 11.7. The van der Waals surface area contributed by atoms with Crippen molar-refractivity contribution in [1.82, 2.24) is 9.80 Å². The van der Waals surface area contributed by atoms with Crippen LogP contribution in [0, 0.1) is 4.91 Å². The van der Waals surface area contributed by atoms with Gasteiger partial charge in [-0.15, -0.1) is 0 Å². The number of rotatable bonds is 4. The summed E-state index contributed by atoms with van der Waals surface area (Å²) < 4.78 is 5.43. The molecule has 1 unspecified atom stereocenters. The lowest BCUT2D eigenvalue weighted by Gasteiger charge is -2.43. The van der Waals surface area contributed by atoms with Crippen LogP contribution < -0.4 is 0 Å². The zero-order chi connectivity index (χ0) is 13.7. The number of nitrogens with zero attached hydrogens (tertiary/aromatic N) is 3. The van der Waals surface area contributed by atoms with Gasteiger partial charge in [-0.3, -0.25) is 9.69 Å². The van der Waals surface area contributed by atoms with Crippen LogP contribution in [0.5, 0.6) is 0 Å². The molecule has 2 rings (SSSR count). The first-order chi connectivity index (χ1) is 9.26. The van der Waals surface area contributed by atoms with Crippen molar-refractivity contribution in [2.24, 2.45) is 5.18 Å². The van der Waals surface area contributed by atoms with Gasteiger partial charge in [-0.05, 0) is 12.8 Å². The molecule has 2 saturated heterocycles. The van der Waals surface area contributed by atoms with E-state index in [1.807, 2.05) is 11.8 Å². The molecule has 0 aromatic carbocycles. The van der Waals surface area contributed by atoms with Crippen molar-refractivity contribution in [3.63, 3.8) is 0 Å². The summed E-state index contributed by atoms with van der Waals surface area (Å²) in [5.74, 6) is 0.242. The fraction of sp³-hybridized carbons (Fsp3) is 0.923. The first-order valence-corrected chi connectivity index (χ1v) is 7.16. The van der Waals surface area contributed by atoms with Crippen molar-refractivity contribution >= 4 is 5.91 Å². The zero-order valence-corrected chi connectivity index (χ0v) is 11.6. The number of hydrogen-bond acceptors (Lipinski definition) is 5. The number of nitroso groups, excluding NO2 is 1. The van der Waals surface area contributed by atoms with Crippen LogP contribution >= 0.6 is 0 Å². The number of likely N-dealkylation sites (tertiary alicyclic amines) is 1. The third-order valence-corrected chi connectivity index (χ3v) is 4.15. The van der Waals surface area contributed by atoms with E-state index >= 15 is 0 Å². The predicted octanol–water partition coefficient (Wildman–Crippen LogP) is 0.855. The monoisotopic (exact) mass is 269 g/mol. The Hall–Kier alpha value is -1.01. The van der Waals surface area contributed by atoms with E-state index in [1.165, 1.54) is 0 Å². The van der Waals surface area contributed by atoms with Crippen molar-refractivity contribution in [2.45, 2.75) is 38.3 Å². The molecule has 0 bridgehead atoms. The van der Waals surface area contributed by atoms with Gasteiger partial charge in [-0.1, -0.05) is 12.1 Å². The molecule has 0 aromatic heterocycles. The van der Waals surface area contributed by atoms with E-state index in [-0.39, 0.29) is 11.9 Å². The van der Waals surface area contributed by atoms with Crippen LogP contribution in [-0.4, -0.2) is 67.2 Å². The lowest BCUT2D eigenvalue weighted by Crippen LogP contribution is -2.55. The van der Waals surface area contributed by atoms with E-state index in [4.69, 9.17) is 4.74 Å². The number of carbonyl (C=O) groups excluding carboxylic acids is 1. The molecular formula is C13H23N3O3. The molecule has 0 aliphatic carbocycles. The quantitative estimate of drug-likeness (QED) is 0.710. The van der Waals surface area contributed by atoms with Crippen molar-refractivity contribution in [2.75, 3.05) is 39.4 Å². The summed E-state index contributed by atoms with van der Waals surface area (Å²) in [4.78, 5) is 26.5. The molecule has 2 aliphatic rings. The Kier molecular flexibility index (Phi) is 5.27. The second-order valence-corrected chi connectivity index (χ2v) is 5.24. The van der Waals surface area contributed by atoms with Crippen LogP contribution in [0.15, 0.2) is 5.18 Å². The molecule has 2 fully saturated rings. The molecular weight excluding hydrogens is 246 g/mol. The smallest absolute Gasteiger partial charge is 0.222 e. The van der Waals surface area contributed by atoms with Crippen LogP contribution in [-0.2, 0) is 9.53 Å². The van der Waals surface area contributed by atoms with Crippen LogP contribution in [0.4, 0.5) is 0 Å². The van der Waals surface area contributed by atoms with Crippen molar-refractivity contribution in [3.05, 3.63) is 4.91 Å². The van der Waals surface area contributed by atoms with Gasteiger partial charge in [-0.2, -0.15) is 4.91 Å². The summed E-state index contributed by atoms with van der Waals surface area (Å²) in [5.41, 5.74) is 0. The Labute approximate surface area is 114 Å². The van der Waals surface area contributed by atoms with Gasteiger partial charge < -0.3 is 9.64 Å². The summed E-state index contributed by atoms with van der Waals surface area (Å²) in [6, 6.07) is 0.571. The summed E-state index contributed by atoms with van der Waals surface area (Å²) in [7, 11) is 0. The lowest BCUT2D eigenvalue weighted by molar-refractivity contribution is -0.133. The van der Waals surface area contributed by atoms with Crippen molar-refractivity contribution in [3.8, 4) is 0 Å². The Morgan fingerprint density at radius 2 is 2.05 bits per heavy atom. The van der Waals surface area contributed by atoms with Crippen LogP contribution in [0.25, 0.3) is 0 Å². The molecule has 6 nitrogen and oxygen atoms in total. The summed E-state index contributed by atoms with van der Waals surface area (Å²) in [5, 5.41) is 3.02. The molecule has 19 heavy (non-hydrogen) atoms. The Bertz CT molecular complexity index is 316. The number of morpholine rings is 1. The zero-order valence-electron chi connectivity index (χ0n) is 11.6. The molecule has 6 heteroatoms. The first kappa shape index (κ1) is 14.4. The Morgan fingerprint density at radius 1 is 1.32 bits per heavy atom. The topological polar surface area (TPSA) is 62.2 Å². The number of ether oxygens (including phenoxy) is 1. The normalized spacial score (nSPS) is 26.4. The van der Waals surface area contributed by atoms with Crippen LogP contribution in [0.3, 0.4) is 0 Å². The highest BCUT2D eigenvalue weighted by Gasteiger charge is 2.32. The van der Waals surface area contributed by atoms with Gasteiger partial charge >= 0.3 is 0 Å². The highest BCUT2D eigenvalue weighted by Crippen LogP contribution is 2.21. The molecule has 0 saturated carbocycles. The average Bonchev–Trinajstić information content (AvgIpc) is 2.47. The minimum absolute atomic E-state index is 0.115. The average molecular weight is 269 g/mol. The molecule has 108 valence electrons. The predicted molar refractivity (Wildman–Crippen MR) is 71.9 cm³/mol. The van der Waals surface area contributed by atoms with Gasteiger partial charge in [0.1, 0.15) is 0 Å². The second-order valence-electron chi connectivity index (χ2n) is 5.24. The third-order valence-electron chi connectivity index (χ3n) is 4.15. The van der Waals surface area contributed by atoms with E-state index in [1.54, 1.807) is 0 Å². The number of amides is 1. The largest absolute Gasteiger partial charge is 0.378 e. The van der Waals surface area contributed by atoms with Gasteiger partial charge in [0.15, 0.2) is 0 Å². The van der Waals surface area contributed by atoms with E-state index in [0.29, 0.717) is 25.6 Å². The molecule has 1 amide bonds. The van der Waals surface area contributed by atoms with E-state index < -0.39 is 0 Å². The first-order valence-electron chi connectivity index (χ1n) is 7.16. The van der Waals surface area contributed by atoms with Crippen molar-refractivity contribution < 1.29 is 9.53 Å². The maximum Gasteiger partial charge on any atom is 0.222 e. The highest BCUT2D eigenvalue weighted by atomic mass is 16.5. The lowest BCUT2D eigenvalue weighted by atomic mass is 10.00. The van der Waals surface area contributed by atoms with Crippen LogP contribution in [0.1, 0.15) is 26.2 Å². The Balaban J connectivity index is 1.88. The third kappa shape index (κ3) is 3.51. The molecule has 2 aliphatic heterocycles. The van der Waals surface area contributed by atoms with Crippen molar-refractivity contribution in [1.29, 1.82) is 0 Å². The van der Waals surface area contributed by atoms with Gasteiger partial charge in [0.25, 0.3) is 0 Å². The summed E-state index contributed by atoms with van der Waals surface area (Å²) in [6.45, 7) is 6.05. The second kappa shape index (κ2) is 6.96. The highest BCUT2D eigenvalue weighted by molar-refractivity contribution is 5.75. The van der Waals surface area contributed by atoms with Gasteiger partial charge in [0.2, 0.25) is 5.91 Å². The minimum atomic E-state index is 0.115. The molecule has 0 radical (unpaired) electrons. The SMILES string of the molecule is CCC(=O)N1CCC(N2CCOCC2CN=O)CC1. The fourth-order valence-electron chi connectivity index (χ4n) is 3.06. The summed E-state index contributed by atoms with van der Waals surface area (Å²) in [6.07, 6.45) is 2.56. The Morgan fingerprint density at radius 3 is 2.68 bits per heavy atom. The summed E-state index contributed by atoms with van der Waals surface area (Å²) >= 11 is 0. The molecule has 0 N–H and O–H groups in total. The molecule has 1 atom stereocenters. The molecule has 2 heterocycles. The van der Waals surface area contributed by atoms with Crippen LogP contribution in [0.2, 0.25) is 0 Å². The van der Waals surface area contributed by atoms with E-state index in [2.05, 4.69) is 10.1 Å². The number of carbonyl (C=O) groups is 1. The maximum atomic E-state index is 11.7. The van der Waals surface area contributed by atoms with Gasteiger partial charge in [0, 0.05) is 32.1 Å². The van der Waals surface area contributed by atoms with E-state index in [9.17, 15) is 9.70 Å². The van der Waals surface area contributed by atoms with E-state index in [0.717, 1.165) is 39.1 Å².